The van der Waals surface area contributed by atoms with Crippen LogP contribution in [-0.4, -0.2) is 25.0 Å². The summed E-state index contributed by atoms with van der Waals surface area (Å²) in [5.41, 5.74) is 4.34. The van der Waals surface area contributed by atoms with Gasteiger partial charge in [0.1, 0.15) is 0 Å². The highest BCUT2D eigenvalue weighted by Gasteiger charge is 2.37. The number of benzene rings is 3. The molecule has 0 aromatic heterocycles. The summed E-state index contributed by atoms with van der Waals surface area (Å²) in [4.78, 5) is 2.58. The maximum atomic E-state index is 2.58. The number of hydrogen-bond donors (Lipinski definition) is 0. The quantitative estimate of drug-likeness (QED) is 0.252. The molecule has 0 aliphatic rings. The summed E-state index contributed by atoms with van der Waals surface area (Å²) >= 11 is 0. The lowest BCUT2D eigenvalue weighted by molar-refractivity contribution is 0.207. The van der Waals surface area contributed by atoms with E-state index in [1.165, 1.54) is 61.8 Å². The Labute approximate surface area is 196 Å². The van der Waals surface area contributed by atoms with Crippen LogP contribution in [0, 0.1) is 5.92 Å². The molecule has 0 aliphatic carbocycles. The molecule has 1 heteroatoms. The fourth-order valence-corrected chi connectivity index (χ4v) is 5.12. The van der Waals surface area contributed by atoms with E-state index in [4.69, 9.17) is 0 Å². The number of nitrogens with zero attached hydrogens (tertiary/aromatic N) is 1. The van der Waals surface area contributed by atoms with Crippen molar-refractivity contribution in [2.24, 2.45) is 5.92 Å². The average molecular weight is 428 g/mol. The Morgan fingerprint density at radius 2 is 1.25 bits per heavy atom. The molecule has 1 unspecified atom stereocenters. The predicted octanol–water partition coefficient (Wildman–Crippen LogP) is 7.75. The van der Waals surface area contributed by atoms with Crippen LogP contribution in [0.3, 0.4) is 0 Å². The Kier molecular flexibility index (Phi) is 9.56. The maximum absolute atomic E-state index is 2.58. The normalized spacial score (nSPS) is 12.8. The first-order valence-corrected chi connectivity index (χ1v) is 12.5. The average Bonchev–Trinajstić information content (AvgIpc) is 2.85. The molecule has 0 spiro atoms. The molecule has 0 fully saturated rings. The van der Waals surface area contributed by atoms with Crippen LogP contribution < -0.4 is 0 Å². The molecule has 32 heavy (non-hydrogen) atoms. The Balaban J connectivity index is 1.64. The van der Waals surface area contributed by atoms with Crippen molar-refractivity contribution in [2.75, 3.05) is 20.1 Å². The minimum Gasteiger partial charge on any atom is -0.306 e. The van der Waals surface area contributed by atoms with E-state index in [2.05, 4.69) is 117 Å². The van der Waals surface area contributed by atoms with Crippen LogP contribution in [0.5, 0.6) is 0 Å². The lowest BCUT2D eigenvalue weighted by atomic mass is 9.65. The summed E-state index contributed by atoms with van der Waals surface area (Å²) in [6, 6.07) is 33.2. The van der Waals surface area contributed by atoms with Gasteiger partial charge in [-0.3, -0.25) is 0 Å². The fraction of sp³-hybridized carbons (Fsp3) is 0.419. The van der Waals surface area contributed by atoms with Crippen LogP contribution in [0.2, 0.25) is 0 Å². The minimum atomic E-state index is 0.0140. The highest BCUT2D eigenvalue weighted by atomic mass is 15.1. The first-order chi connectivity index (χ1) is 15.6. The van der Waals surface area contributed by atoms with E-state index in [1.807, 2.05) is 0 Å². The molecule has 170 valence electrons. The first-order valence-electron chi connectivity index (χ1n) is 12.5. The molecular weight excluding hydrogens is 386 g/mol. The molecule has 0 heterocycles. The van der Waals surface area contributed by atoms with Crippen molar-refractivity contribution in [2.45, 2.75) is 57.8 Å². The van der Waals surface area contributed by atoms with E-state index >= 15 is 0 Å². The number of rotatable bonds is 13. The van der Waals surface area contributed by atoms with Gasteiger partial charge in [0.05, 0.1) is 0 Å². The van der Waals surface area contributed by atoms with Crippen molar-refractivity contribution in [1.29, 1.82) is 0 Å². The molecule has 0 bridgehead atoms. The van der Waals surface area contributed by atoms with Crippen molar-refractivity contribution >= 4 is 0 Å². The van der Waals surface area contributed by atoms with Crippen molar-refractivity contribution in [3.05, 3.63) is 108 Å². The van der Waals surface area contributed by atoms with Gasteiger partial charge in [-0.1, -0.05) is 118 Å². The van der Waals surface area contributed by atoms with Crippen LogP contribution in [0.1, 0.15) is 62.6 Å². The standard InChI is InChI=1S/C31H41N/c1-4-17-30(26-32(3)25-16-8-11-20-27-18-9-5-10-19-27)31(2,28-21-12-6-13-22-28)29-23-14-7-15-24-29/h5-7,9-10,12-15,18-19,21-24,30H,4,8,11,16-17,20,25-26H2,1-3H3. The molecule has 0 amide bonds. The van der Waals surface area contributed by atoms with Crippen LogP contribution in [0.4, 0.5) is 0 Å². The van der Waals surface area contributed by atoms with Crippen LogP contribution >= 0.6 is 0 Å². The summed E-state index contributed by atoms with van der Waals surface area (Å²) in [6.45, 7) is 7.10. The van der Waals surface area contributed by atoms with Gasteiger partial charge in [-0.05, 0) is 61.9 Å². The van der Waals surface area contributed by atoms with Gasteiger partial charge in [0.2, 0.25) is 0 Å². The van der Waals surface area contributed by atoms with Gasteiger partial charge in [-0.15, -0.1) is 0 Å². The number of aryl methyl sites for hydroxylation is 1. The minimum absolute atomic E-state index is 0.0140. The van der Waals surface area contributed by atoms with Gasteiger partial charge in [0, 0.05) is 12.0 Å². The molecule has 0 N–H and O–H groups in total. The second-order valence-corrected chi connectivity index (χ2v) is 9.48. The Morgan fingerprint density at radius 3 is 1.78 bits per heavy atom. The summed E-state index contributed by atoms with van der Waals surface area (Å²) < 4.78 is 0. The lowest BCUT2D eigenvalue weighted by Crippen LogP contribution is -2.40. The summed E-state index contributed by atoms with van der Waals surface area (Å²) in [6.07, 6.45) is 7.50. The van der Waals surface area contributed by atoms with E-state index in [9.17, 15) is 0 Å². The summed E-state index contributed by atoms with van der Waals surface area (Å²) in [5.74, 6) is 0.576. The van der Waals surface area contributed by atoms with Gasteiger partial charge in [-0.2, -0.15) is 0 Å². The second-order valence-electron chi connectivity index (χ2n) is 9.48. The number of unbranched alkanes of at least 4 members (excludes halogenated alkanes) is 2. The Hall–Kier alpha value is -2.38. The molecule has 3 aromatic rings. The third kappa shape index (κ3) is 6.56. The largest absolute Gasteiger partial charge is 0.306 e. The van der Waals surface area contributed by atoms with E-state index < -0.39 is 0 Å². The molecular formula is C31H41N. The zero-order valence-corrected chi connectivity index (χ0v) is 20.3. The maximum Gasteiger partial charge on any atom is 0.0215 e. The van der Waals surface area contributed by atoms with Crippen molar-refractivity contribution < 1.29 is 0 Å². The smallest absolute Gasteiger partial charge is 0.0215 e. The van der Waals surface area contributed by atoms with Crippen molar-refractivity contribution in [1.82, 2.24) is 4.90 Å². The molecule has 3 rings (SSSR count). The Bertz CT molecular complexity index is 833. The van der Waals surface area contributed by atoms with Gasteiger partial charge < -0.3 is 4.90 Å². The molecule has 0 aliphatic heterocycles. The van der Waals surface area contributed by atoms with Gasteiger partial charge in [0.15, 0.2) is 0 Å². The second kappa shape index (κ2) is 12.6. The van der Waals surface area contributed by atoms with Crippen LogP contribution in [0.15, 0.2) is 91.0 Å². The molecule has 1 atom stereocenters. The predicted molar refractivity (Wildman–Crippen MR) is 139 cm³/mol. The first kappa shape index (κ1) is 24.3. The fourth-order valence-electron chi connectivity index (χ4n) is 5.12. The SMILES string of the molecule is CCCC(CN(C)CCCCCc1ccccc1)C(C)(c1ccccc1)c1ccccc1. The van der Waals surface area contributed by atoms with E-state index in [1.54, 1.807) is 0 Å². The highest BCUT2D eigenvalue weighted by Crippen LogP contribution is 2.41. The molecule has 3 aromatic carbocycles. The zero-order valence-electron chi connectivity index (χ0n) is 20.3. The molecule has 0 radical (unpaired) electrons. The number of hydrogen-bond acceptors (Lipinski definition) is 1. The van der Waals surface area contributed by atoms with E-state index in [-0.39, 0.29) is 5.41 Å². The summed E-state index contributed by atoms with van der Waals surface area (Å²) in [5, 5.41) is 0. The van der Waals surface area contributed by atoms with Crippen LogP contribution in [0.25, 0.3) is 0 Å². The van der Waals surface area contributed by atoms with Gasteiger partial charge >= 0.3 is 0 Å². The lowest BCUT2D eigenvalue weighted by Gasteiger charge is -2.41. The molecule has 0 saturated heterocycles. The highest BCUT2D eigenvalue weighted by molar-refractivity contribution is 5.39. The van der Waals surface area contributed by atoms with Crippen molar-refractivity contribution in [3.8, 4) is 0 Å². The molecule has 1 nitrogen and oxygen atoms in total. The summed E-state index contributed by atoms with van der Waals surface area (Å²) in [7, 11) is 2.32. The molecule has 0 saturated carbocycles. The van der Waals surface area contributed by atoms with Crippen molar-refractivity contribution in [3.63, 3.8) is 0 Å². The van der Waals surface area contributed by atoms with Gasteiger partial charge in [0.25, 0.3) is 0 Å². The van der Waals surface area contributed by atoms with E-state index in [0.717, 1.165) is 6.54 Å². The third-order valence-corrected chi connectivity index (χ3v) is 7.08. The van der Waals surface area contributed by atoms with E-state index in [0.29, 0.717) is 5.92 Å². The monoisotopic (exact) mass is 427 g/mol. The Morgan fingerprint density at radius 1 is 0.719 bits per heavy atom. The third-order valence-electron chi connectivity index (χ3n) is 7.08. The van der Waals surface area contributed by atoms with Gasteiger partial charge in [-0.25, -0.2) is 0 Å². The zero-order chi connectivity index (χ0) is 22.7. The van der Waals surface area contributed by atoms with Crippen LogP contribution in [-0.2, 0) is 11.8 Å². The topological polar surface area (TPSA) is 3.24 Å².